The third-order valence-electron chi connectivity index (χ3n) is 4.18. The molecular formula is C17H30FN3. The van der Waals surface area contributed by atoms with Gasteiger partial charge in [-0.1, -0.05) is 20.8 Å². The molecule has 0 aromatic carbocycles. The molecule has 1 aromatic heterocycles. The largest absolute Gasteiger partial charge is 0.309 e. The Morgan fingerprint density at radius 1 is 1.29 bits per heavy atom. The molecule has 4 heteroatoms. The standard InChI is InChI=1S/C17H30FN3/c1-6-10-19-17(16-8-7-15(18)12-20-16)9-11-21(5)14(4)13(2)3/h7-8,12-14,17,19H,6,9-11H2,1-5H3. The van der Waals surface area contributed by atoms with Crippen LogP contribution in [-0.2, 0) is 0 Å². The van der Waals surface area contributed by atoms with Crippen LogP contribution in [0, 0.1) is 11.7 Å². The van der Waals surface area contributed by atoms with Gasteiger partial charge >= 0.3 is 0 Å². The van der Waals surface area contributed by atoms with E-state index in [9.17, 15) is 4.39 Å². The van der Waals surface area contributed by atoms with E-state index >= 15 is 0 Å². The first-order valence-corrected chi connectivity index (χ1v) is 8.00. The van der Waals surface area contributed by atoms with Gasteiger partial charge in [0.15, 0.2) is 0 Å². The molecule has 2 unspecified atom stereocenters. The van der Waals surface area contributed by atoms with Crippen molar-refractivity contribution in [3.8, 4) is 0 Å². The molecule has 1 heterocycles. The van der Waals surface area contributed by atoms with Gasteiger partial charge in [-0.25, -0.2) is 4.39 Å². The Labute approximate surface area is 129 Å². The lowest BCUT2D eigenvalue weighted by Gasteiger charge is -2.29. The second-order valence-electron chi connectivity index (χ2n) is 6.16. The lowest BCUT2D eigenvalue weighted by atomic mass is 10.0. The Morgan fingerprint density at radius 3 is 2.52 bits per heavy atom. The fourth-order valence-corrected chi connectivity index (χ4v) is 2.31. The first kappa shape index (κ1) is 18.1. The van der Waals surface area contributed by atoms with Gasteiger partial charge in [0.05, 0.1) is 17.9 Å². The number of rotatable bonds is 9. The molecule has 0 spiro atoms. The first-order chi connectivity index (χ1) is 9.95. The van der Waals surface area contributed by atoms with E-state index in [0.29, 0.717) is 12.0 Å². The highest BCUT2D eigenvalue weighted by molar-refractivity contribution is 5.10. The predicted octanol–water partition coefficient (Wildman–Crippen LogP) is 3.63. The molecule has 0 aliphatic rings. The topological polar surface area (TPSA) is 28.2 Å². The van der Waals surface area contributed by atoms with Gasteiger partial charge in [-0.15, -0.1) is 0 Å². The van der Waals surface area contributed by atoms with E-state index < -0.39 is 0 Å². The van der Waals surface area contributed by atoms with E-state index in [2.05, 4.69) is 49.9 Å². The summed E-state index contributed by atoms with van der Waals surface area (Å²) in [6.45, 7) is 10.8. The molecule has 0 aliphatic heterocycles. The van der Waals surface area contributed by atoms with E-state index in [1.54, 1.807) is 6.07 Å². The van der Waals surface area contributed by atoms with Crippen LogP contribution in [0.1, 0.15) is 52.3 Å². The molecule has 0 aliphatic carbocycles. The van der Waals surface area contributed by atoms with Crippen molar-refractivity contribution in [2.24, 2.45) is 5.92 Å². The van der Waals surface area contributed by atoms with Crippen LogP contribution < -0.4 is 5.32 Å². The van der Waals surface area contributed by atoms with Gasteiger partial charge in [0.2, 0.25) is 0 Å². The van der Waals surface area contributed by atoms with E-state index in [1.165, 1.54) is 12.3 Å². The van der Waals surface area contributed by atoms with Crippen LogP contribution in [0.15, 0.2) is 18.3 Å². The van der Waals surface area contributed by atoms with Crippen LogP contribution in [-0.4, -0.2) is 36.1 Å². The summed E-state index contributed by atoms with van der Waals surface area (Å²) in [4.78, 5) is 6.62. The third kappa shape index (κ3) is 6.10. The van der Waals surface area contributed by atoms with Crippen LogP contribution >= 0.6 is 0 Å². The molecule has 1 rings (SSSR count). The Hall–Kier alpha value is -1.00. The second kappa shape index (κ2) is 9.11. The van der Waals surface area contributed by atoms with Crippen molar-refractivity contribution in [2.75, 3.05) is 20.1 Å². The SMILES string of the molecule is CCCNC(CCN(C)C(C)C(C)C)c1ccc(F)cn1. The highest BCUT2D eigenvalue weighted by atomic mass is 19.1. The maximum atomic E-state index is 13.0. The Balaban J connectivity index is 2.64. The lowest BCUT2D eigenvalue weighted by molar-refractivity contribution is 0.198. The van der Waals surface area contributed by atoms with Gasteiger partial charge in [-0.05, 0) is 58.0 Å². The van der Waals surface area contributed by atoms with Crippen LogP contribution in [0.4, 0.5) is 4.39 Å². The van der Waals surface area contributed by atoms with Crippen LogP contribution in [0.5, 0.6) is 0 Å². The highest BCUT2D eigenvalue weighted by Crippen LogP contribution is 2.17. The molecule has 2 atom stereocenters. The summed E-state index contributed by atoms with van der Waals surface area (Å²) in [7, 11) is 2.17. The summed E-state index contributed by atoms with van der Waals surface area (Å²) in [6, 6.07) is 4.02. The molecule has 0 bridgehead atoms. The summed E-state index contributed by atoms with van der Waals surface area (Å²) in [5.41, 5.74) is 0.926. The average Bonchev–Trinajstić information content (AvgIpc) is 2.47. The van der Waals surface area contributed by atoms with Crippen molar-refractivity contribution in [3.05, 3.63) is 29.8 Å². The zero-order valence-corrected chi connectivity index (χ0v) is 14.1. The van der Waals surface area contributed by atoms with E-state index in [4.69, 9.17) is 0 Å². The summed E-state index contributed by atoms with van der Waals surface area (Å²) in [6.07, 6.45) is 3.36. The molecule has 0 radical (unpaired) electrons. The quantitative estimate of drug-likeness (QED) is 0.754. The minimum Gasteiger partial charge on any atom is -0.309 e. The zero-order chi connectivity index (χ0) is 15.8. The molecule has 120 valence electrons. The molecule has 0 saturated heterocycles. The molecule has 1 N–H and O–H groups in total. The number of hydrogen-bond acceptors (Lipinski definition) is 3. The van der Waals surface area contributed by atoms with Gasteiger partial charge in [0.25, 0.3) is 0 Å². The number of nitrogens with zero attached hydrogens (tertiary/aromatic N) is 2. The van der Waals surface area contributed by atoms with Crippen molar-refractivity contribution in [3.63, 3.8) is 0 Å². The lowest BCUT2D eigenvalue weighted by Crippen LogP contribution is -2.36. The maximum absolute atomic E-state index is 13.0. The summed E-state index contributed by atoms with van der Waals surface area (Å²) >= 11 is 0. The number of pyridine rings is 1. The summed E-state index contributed by atoms with van der Waals surface area (Å²) < 4.78 is 13.0. The van der Waals surface area contributed by atoms with Crippen molar-refractivity contribution >= 4 is 0 Å². The third-order valence-corrected chi connectivity index (χ3v) is 4.18. The monoisotopic (exact) mass is 295 g/mol. The van der Waals surface area contributed by atoms with Gasteiger partial charge in [-0.3, -0.25) is 4.98 Å². The Kier molecular flexibility index (Phi) is 7.83. The van der Waals surface area contributed by atoms with Gasteiger partial charge < -0.3 is 10.2 Å². The molecule has 21 heavy (non-hydrogen) atoms. The van der Waals surface area contributed by atoms with E-state index in [0.717, 1.165) is 31.6 Å². The van der Waals surface area contributed by atoms with Crippen LogP contribution in [0.2, 0.25) is 0 Å². The van der Waals surface area contributed by atoms with Gasteiger partial charge in [0, 0.05) is 6.04 Å². The minimum absolute atomic E-state index is 0.187. The van der Waals surface area contributed by atoms with Crippen LogP contribution in [0.3, 0.4) is 0 Å². The molecular weight excluding hydrogens is 265 g/mol. The minimum atomic E-state index is -0.279. The fourth-order valence-electron chi connectivity index (χ4n) is 2.31. The van der Waals surface area contributed by atoms with Gasteiger partial charge in [0.1, 0.15) is 5.82 Å². The number of nitrogens with one attached hydrogen (secondary N) is 1. The smallest absolute Gasteiger partial charge is 0.141 e. The molecule has 0 amide bonds. The normalized spacial score (nSPS) is 14.7. The number of aromatic nitrogens is 1. The predicted molar refractivity (Wildman–Crippen MR) is 86.8 cm³/mol. The summed E-state index contributed by atoms with van der Waals surface area (Å²) in [5.74, 6) is 0.361. The molecule has 0 fully saturated rings. The fraction of sp³-hybridized carbons (Fsp3) is 0.706. The number of hydrogen-bond donors (Lipinski definition) is 1. The van der Waals surface area contributed by atoms with Gasteiger partial charge in [-0.2, -0.15) is 0 Å². The number of halogens is 1. The van der Waals surface area contributed by atoms with E-state index in [-0.39, 0.29) is 11.9 Å². The molecule has 1 aromatic rings. The molecule has 3 nitrogen and oxygen atoms in total. The maximum Gasteiger partial charge on any atom is 0.141 e. The van der Waals surface area contributed by atoms with Crippen LogP contribution in [0.25, 0.3) is 0 Å². The van der Waals surface area contributed by atoms with Crippen molar-refractivity contribution in [2.45, 2.75) is 52.6 Å². The van der Waals surface area contributed by atoms with Crippen molar-refractivity contribution < 1.29 is 4.39 Å². The Bertz CT molecular complexity index is 392. The second-order valence-corrected chi connectivity index (χ2v) is 6.16. The molecule has 0 saturated carbocycles. The first-order valence-electron chi connectivity index (χ1n) is 8.00. The summed E-state index contributed by atoms with van der Waals surface area (Å²) in [5, 5.41) is 3.52. The van der Waals surface area contributed by atoms with E-state index in [1.807, 2.05) is 0 Å². The van der Waals surface area contributed by atoms with Crippen molar-refractivity contribution in [1.82, 2.24) is 15.2 Å². The highest BCUT2D eigenvalue weighted by Gasteiger charge is 2.17. The zero-order valence-electron chi connectivity index (χ0n) is 14.1. The van der Waals surface area contributed by atoms with Crippen molar-refractivity contribution in [1.29, 1.82) is 0 Å². The average molecular weight is 295 g/mol. The Morgan fingerprint density at radius 2 is 2.00 bits per heavy atom.